The molecule has 0 radical (unpaired) electrons. The fourth-order valence-corrected chi connectivity index (χ4v) is 1.88. The predicted octanol–water partition coefficient (Wildman–Crippen LogP) is 1.14. The first-order valence-corrected chi connectivity index (χ1v) is 6.41. The maximum atomic E-state index is 11.8. The van der Waals surface area contributed by atoms with E-state index >= 15 is 0 Å². The van der Waals surface area contributed by atoms with Gasteiger partial charge in [0.2, 0.25) is 0 Å². The second kappa shape index (κ2) is 5.83. The average molecular weight is 283 g/mol. The molecule has 0 fully saturated rings. The third-order valence-corrected chi connectivity index (χ3v) is 3.12. The van der Waals surface area contributed by atoms with Crippen molar-refractivity contribution < 1.29 is 0 Å². The lowest BCUT2D eigenvalue weighted by Gasteiger charge is -2.09. The van der Waals surface area contributed by atoms with E-state index < -0.39 is 0 Å². The van der Waals surface area contributed by atoms with E-state index in [9.17, 15) is 4.79 Å². The maximum absolute atomic E-state index is 11.8. The van der Waals surface area contributed by atoms with Crippen LogP contribution in [0.2, 0.25) is 5.02 Å². The van der Waals surface area contributed by atoms with E-state index in [-0.39, 0.29) is 10.6 Å². The highest BCUT2D eigenvalue weighted by Gasteiger charge is 2.09. The molecule has 102 valence electrons. The van der Waals surface area contributed by atoms with Crippen LogP contribution < -0.4 is 10.9 Å². The van der Waals surface area contributed by atoms with Crippen LogP contribution in [0.15, 0.2) is 17.3 Å². The summed E-state index contributed by atoms with van der Waals surface area (Å²) >= 11 is 6.01. The molecule has 0 aliphatic rings. The summed E-state index contributed by atoms with van der Waals surface area (Å²) in [5, 5.41) is 15.0. The van der Waals surface area contributed by atoms with Crippen molar-refractivity contribution in [1.82, 2.24) is 24.5 Å². The van der Waals surface area contributed by atoms with Crippen LogP contribution in [-0.4, -0.2) is 24.5 Å². The minimum absolute atomic E-state index is 0.138. The molecule has 8 heteroatoms. The van der Waals surface area contributed by atoms with Crippen LogP contribution in [0.1, 0.15) is 19.7 Å². The highest BCUT2D eigenvalue weighted by atomic mass is 35.5. The number of hydrogen-bond donors (Lipinski definition) is 1. The Morgan fingerprint density at radius 1 is 1.37 bits per heavy atom. The van der Waals surface area contributed by atoms with Gasteiger partial charge in [0.25, 0.3) is 5.56 Å². The summed E-state index contributed by atoms with van der Waals surface area (Å²) in [4.78, 5) is 11.8. The van der Waals surface area contributed by atoms with E-state index in [4.69, 9.17) is 11.6 Å². The minimum atomic E-state index is -0.300. The lowest BCUT2D eigenvalue weighted by Crippen LogP contribution is -2.23. The van der Waals surface area contributed by atoms with Crippen LogP contribution in [0, 0.1) is 0 Å². The molecular weight excluding hydrogens is 268 g/mol. The molecule has 0 saturated carbocycles. The summed E-state index contributed by atoms with van der Waals surface area (Å²) in [5.74, 6) is 0.776. The predicted molar refractivity (Wildman–Crippen MR) is 72.2 cm³/mol. The first-order chi connectivity index (χ1) is 9.17. The van der Waals surface area contributed by atoms with Gasteiger partial charge in [0.1, 0.15) is 11.3 Å². The molecule has 0 atom stereocenters. The van der Waals surface area contributed by atoms with Crippen LogP contribution in [0.4, 0.5) is 5.69 Å². The molecule has 0 bridgehead atoms. The van der Waals surface area contributed by atoms with E-state index in [1.807, 2.05) is 18.4 Å². The quantitative estimate of drug-likeness (QED) is 0.890. The smallest absolute Gasteiger partial charge is 0.287 e. The van der Waals surface area contributed by atoms with Gasteiger partial charge in [0.15, 0.2) is 5.82 Å². The molecule has 0 spiro atoms. The van der Waals surface area contributed by atoms with Crippen molar-refractivity contribution in [3.8, 4) is 0 Å². The zero-order valence-corrected chi connectivity index (χ0v) is 11.6. The summed E-state index contributed by atoms with van der Waals surface area (Å²) in [7, 11) is 0. The molecule has 2 aromatic heterocycles. The van der Waals surface area contributed by atoms with Gasteiger partial charge in [-0.05, 0) is 13.8 Å². The van der Waals surface area contributed by atoms with Gasteiger partial charge in [0, 0.05) is 13.1 Å². The number of nitrogens with one attached hydrogen (secondary N) is 1. The number of halogens is 1. The van der Waals surface area contributed by atoms with Gasteiger partial charge in [-0.1, -0.05) is 11.6 Å². The van der Waals surface area contributed by atoms with Crippen molar-refractivity contribution in [3.05, 3.63) is 33.7 Å². The third-order valence-electron chi connectivity index (χ3n) is 2.76. The molecule has 0 unspecified atom stereocenters. The molecule has 19 heavy (non-hydrogen) atoms. The Kier molecular flexibility index (Phi) is 4.16. The zero-order valence-electron chi connectivity index (χ0n) is 10.8. The molecule has 0 amide bonds. The molecule has 2 heterocycles. The zero-order chi connectivity index (χ0) is 13.8. The standard InChI is InChI=1S/C11H15ClN6O/c1-3-17-7-14-16-9(17)6-13-8-5-15-18(4-2)11(19)10(8)12/h5,7,13H,3-4,6H2,1-2H3. The molecular formula is C11H15ClN6O. The Labute approximate surface area is 115 Å². The van der Waals surface area contributed by atoms with Crippen LogP contribution in [0.25, 0.3) is 0 Å². The van der Waals surface area contributed by atoms with Crippen LogP contribution in [0.3, 0.4) is 0 Å². The molecule has 0 saturated heterocycles. The molecule has 0 aliphatic heterocycles. The van der Waals surface area contributed by atoms with Crippen molar-refractivity contribution in [3.63, 3.8) is 0 Å². The number of anilines is 1. The van der Waals surface area contributed by atoms with E-state index in [2.05, 4.69) is 20.6 Å². The minimum Gasteiger partial charge on any atom is -0.375 e. The summed E-state index contributed by atoms with van der Waals surface area (Å²) in [5.41, 5.74) is 0.202. The Bertz CT molecular complexity index is 620. The van der Waals surface area contributed by atoms with Gasteiger partial charge in [-0.25, -0.2) is 4.68 Å². The second-order valence-corrected chi connectivity index (χ2v) is 4.26. The summed E-state index contributed by atoms with van der Waals surface area (Å²) < 4.78 is 3.21. The summed E-state index contributed by atoms with van der Waals surface area (Å²) in [6, 6.07) is 0. The van der Waals surface area contributed by atoms with E-state index in [1.54, 1.807) is 12.5 Å². The maximum Gasteiger partial charge on any atom is 0.287 e. The van der Waals surface area contributed by atoms with Crippen molar-refractivity contribution >= 4 is 17.3 Å². The van der Waals surface area contributed by atoms with Crippen molar-refractivity contribution in [2.45, 2.75) is 33.5 Å². The number of hydrogen-bond acceptors (Lipinski definition) is 5. The van der Waals surface area contributed by atoms with Gasteiger partial charge in [-0.2, -0.15) is 5.10 Å². The van der Waals surface area contributed by atoms with Crippen LogP contribution in [0.5, 0.6) is 0 Å². The molecule has 7 nitrogen and oxygen atoms in total. The van der Waals surface area contributed by atoms with E-state index in [1.165, 1.54) is 4.68 Å². The second-order valence-electron chi connectivity index (χ2n) is 3.88. The Balaban J connectivity index is 2.16. The molecule has 1 N–H and O–H groups in total. The molecule has 2 rings (SSSR count). The average Bonchev–Trinajstić information content (AvgIpc) is 2.88. The van der Waals surface area contributed by atoms with Crippen molar-refractivity contribution in [2.75, 3.05) is 5.32 Å². The van der Waals surface area contributed by atoms with Gasteiger partial charge in [0.05, 0.1) is 18.4 Å². The monoisotopic (exact) mass is 282 g/mol. The molecule has 2 aromatic rings. The highest BCUT2D eigenvalue weighted by Crippen LogP contribution is 2.15. The fourth-order valence-electron chi connectivity index (χ4n) is 1.67. The summed E-state index contributed by atoms with van der Waals surface area (Å²) in [6.07, 6.45) is 3.20. The topological polar surface area (TPSA) is 77.6 Å². The van der Waals surface area contributed by atoms with Crippen molar-refractivity contribution in [2.24, 2.45) is 0 Å². The molecule has 0 aliphatic carbocycles. The Morgan fingerprint density at radius 2 is 2.16 bits per heavy atom. The van der Waals surface area contributed by atoms with E-state index in [0.717, 1.165) is 12.4 Å². The SMILES string of the molecule is CCn1cnnc1CNc1cnn(CC)c(=O)c1Cl. The van der Waals surface area contributed by atoms with Gasteiger partial charge < -0.3 is 9.88 Å². The summed E-state index contributed by atoms with van der Waals surface area (Å²) in [6.45, 7) is 5.55. The lowest BCUT2D eigenvalue weighted by atomic mass is 10.4. The highest BCUT2D eigenvalue weighted by molar-refractivity contribution is 6.32. The largest absolute Gasteiger partial charge is 0.375 e. The fraction of sp³-hybridized carbons (Fsp3) is 0.455. The Morgan fingerprint density at radius 3 is 2.84 bits per heavy atom. The Hall–Kier alpha value is -1.89. The normalized spacial score (nSPS) is 10.7. The molecule has 0 aromatic carbocycles. The van der Waals surface area contributed by atoms with Gasteiger partial charge >= 0.3 is 0 Å². The first-order valence-electron chi connectivity index (χ1n) is 6.03. The number of nitrogens with zero attached hydrogens (tertiary/aromatic N) is 5. The number of rotatable bonds is 5. The number of aromatic nitrogens is 5. The third kappa shape index (κ3) is 2.76. The van der Waals surface area contributed by atoms with Crippen LogP contribution in [-0.2, 0) is 19.6 Å². The first kappa shape index (κ1) is 13.5. The van der Waals surface area contributed by atoms with Crippen molar-refractivity contribution in [1.29, 1.82) is 0 Å². The lowest BCUT2D eigenvalue weighted by molar-refractivity contribution is 0.616. The van der Waals surface area contributed by atoms with Gasteiger partial charge in [-0.3, -0.25) is 4.79 Å². The number of aryl methyl sites for hydroxylation is 2. The van der Waals surface area contributed by atoms with Gasteiger partial charge in [-0.15, -0.1) is 10.2 Å². The van der Waals surface area contributed by atoms with Crippen LogP contribution >= 0.6 is 11.6 Å². The van der Waals surface area contributed by atoms with E-state index in [0.29, 0.717) is 18.8 Å².